The molecule has 1 aliphatic carbocycles. The first-order chi connectivity index (χ1) is 10.5. The zero-order valence-corrected chi connectivity index (χ0v) is 12.7. The van der Waals surface area contributed by atoms with Gasteiger partial charge in [-0.15, -0.1) is 0 Å². The van der Waals surface area contributed by atoms with Crippen molar-refractivity contribution in [1.29, 1.82) is 0 Å². The van der Waals surface area contributed by atoms with Crippen molar-refractivity contribution >= 4 is 23.2 Å². The molecule has 1 saturated carbocycles. The number of nitrogens with one attached hydrogen (secondary N) is 1. The van der Waals surface area contributed by atoms with Gasteiger partial charge in [0, 0.05) is 17.5 Å². The lowest BCUT2D eigenvalue weighted by Crippen LogP contribution is -2.46. The van der Waals surface area contributed by atoms with Crippen LogP contribution in [0, 0.1) is 11.3 Å². The number of halogens is 3. The number of benzene rings is 1. The lowest BCUT2D eigenvalue weighted by molar-refractivity contribution is -0.147. The van der Waals surface area contributed by atoms with Crippen LogP contribution >= 0.6 is 0 Å². The Hall–Kier alpha value is -2.18. The minimum absolute atomic E-state index is 0.104. The number of hydrogen-bond donors (Lipinski definition) is 1. The Labute approximate surface area is 131 Å². The molecule has 0 bridgehead atoms. The predicted molar refractivity (Wildman–Crippen MR) is 76.6 cm³/mol. The van der Waals surface area contributed by atoms with E-state index >= 15 is 0 Å². The van der Waals surface area contributed by atoms with Crippen molar-refractivity contribution in [2.24, 2.45) is 11.3 Å². The molecule has 4 nitrogen and oxygen atoms in total. The fourth-order valence-corrected chi connectivity index (χ4v) is 2.46. The van der Waals surface area contributed by atoms with Crippen LogP contribution in [0.4, 0.5) is 18.9 Å². The van der Waals surface area contributed by atoms with Crippen LogP contribution in [0.25, 0.3) is 0 Å². The highest BCUT2D eigenvalue weighted by atomic mass is 19.4. The van der Waals surface area contributed by atoms with Gasteiger partial charge in [0.15, 0.2) is 17.5 Å². The van der Waals surface area contributed by atoms with Gasteiger partial charge in [-0.25, -0.2) is 0 Å². The zero-order chi connectivity index (χ0) is 17.4. The molecule has 1 atom stereocenters. The second-order valence-corrected chi connectivity index (χ2v) is 6.21. The molecule has 0 saturated heterocycles. The first kappa shape index (κ1) is 17.2. The molecule has 1 aromatic carbocycles. The number of amides is 1. The number of Topliss-reactive ketones (excluding diaryl/α,β-unsaturated/α-hetero) is 2. The van der Waals surface area contributed by atoms with Gasteiger partial charge < -0.3 is 5.32 Å². The van der Waals surface area contributed by atoms with Gasteiger partial charge in [0.25, 0.3) is 0 Å². The molecule has 1 fully saturated rings. The van der Waals surface area contributed by atoms with Crippen LogP contribution in [0.1, 0.15) is 32.3 Å². The van der Waals surface area contributed by atoms with Gasteiger partial charge in [-0.1, -0.05) is 13.8 Å². The second kappa shape index (κ2) is 5.79. The SMILES string of the molecule is CC1(C)CCC(=O)C(C(=O)Nc2ccc(C(F)(F)F)cc2)C1=O. The fraction of sp³-hybridized carbons (Fsp3) is 0.438. The van der Waals surface area contributed by atoms with E-state index in [4.69, 9.17) is 0 Å². The molecule has 0 radical (unpaired) electrons. The molecule has 23 heavy (non-hydrogen) atoms. The highest BCUT2D eigenvalue weighted by Crippen LogP contribution is 2.34. The van der Waals surface area contributed by atoms with E-state index in [1.54, 1.807) is 13.8 Å². The third-order valence-electron chi connectivity index (χ3n) is 3.99. The van der Waals surface area contributed by atoms with Crippen molar-refractivity contribution in [3.63, 3.8) is 0 Å². The maximum absolute atomic E-state index is 12.5. The van der Waals surface area contributed by atoms with Gasteiger partial charge in [-0.3, -0.25) is 14.4 Å². The molecule has 124 valence electrons. The molecule has 7 heteroatoms. The quantitative estimate of drug-likeness (QED) is 0.848. The number of hydrogen-bond acceptors (Lipinski definition) is 3. The van der Waals surface area contributed by atoms with E-state index in [9.17, 15) is 27.6 Å². The average Bonchev–Trinajstić information content (AvgIpc) is 2.43. The summed E-state index contributed by atoms with van der Waals surface area (Å²) in [6.45, 7) is 3.33. The van der Waals surface area contributed by atoms with Gasteiger partial charge in [0.05, 0.1) is 5.56 Å². The van der Waals surface area contributed by atoms with Crippen molar-refractivity contribution in [1.82, 2.24) is 0 Å². The normalized spacial score (nSPS) is 21.2. The molecule has 0 aromatic heterocycles. The van der Waals surface area contributed by atoms with Crippen LogP contribution in [-0.2, 0) is 20.6 Å². The molecular formula is C16H16F3NO3. The maximum atomic E-state index is 12.5. The summed E-state index contributed by atoms with van der Waals surface area (Å²) in [6, 6.07) is 3.82. The van der Waals surface area contributed by atoms with Crippen molar-refractivity contribution < 1.29 is 27.6 Å². The standard InChI is InChI=1S/C16H16F3NO3/c1-15(2)8-7-11(21)12(13(15)22)14(23)20-10-5-3-9(4-6-10)16(17,18)19/h3-6,12H,7-8H2,1-2H3,(H,20,23). The highest BCUT2D eigenvalue weighted by molar-refractivity contribution is 6.24. The molecule has 0 spiro atoms. The number of alkyl halides is 3. The molecule has 0 heterocycles. The van der Waals surface area contributed by atoms with E-state index in [1.165, 1.54) is 0 Å². The zero-order valence-electron chi connectivity index (χ0n) is 12.7. The lowest BCUT2D eigenvalue weighted by Gasteiger charge is -2.31. The van der Waals surface area contributed by atoms with Crippen molar-refractivity contribution in [3.05, 3.63) is 29.8 Å². The Kier molecular flexibility index (Phi) is 4.32. The van der Waals surface area contributed by atoms with Crippen LogP contribution in [0.15, 0.2) is 24.3 Å². The lowest BCUT2D eigenvalue weighted by atomic mass is 9.70. The minimum atomic E-state index is -4.47. The molecule has 1 N–H and O–H groups in total. The highest BCUT2D eigenvalue weighted by Gasteiger charge is 2.45. The van der Waals surface area contributed by atoms with Gasteiger partial charge in [-0.05, 0) is 30.7 Å². The number of carbonyl (C=O) groups is 3. The van der Waals surface area contributed by atoms with Crippen LogP contribution in [-0.4, -0.2) is 17.5 Å². The summed E-state index contributed by atoms with van der Waals surface area (Å²) in [5, 5.41) is 2.34. The Morgan fingerprint density at radius 1 is 1.17 bits per heavy atom. The monoisotopic (exact) mass is 327 g/mol. The Bertz CT molecular complexity index is 648. The Morgan fingerprint density at radius 3 is 2.26 bits per heavy atom. The summed E-state index contributed by atoms with van der Waals surface area (Å²) in [5.41, 5.74) is -1.51. The molecule has 1 unspecified atom stereocenters. The summed E-state index contributed by atoms with van der Waals surface area (Å²) in [4.78, 5) is 36.3. The average molecular weight is 327 g/mol. The number of ketones is 2. The number of anilines is 1. The first-order valence-corrected chi connectivity index (χ1v) is 7.07. The Balaban J connectivity index is 2.15. The summed E-state index contributed by atoms with van der Waals surface area (Å²) < 4.78 is 37.5. The van der Waals surface area contributed by atoms with Crippen LogP contribution < -0.4 is 5.32 Å². The second-order valence-electron chi connectivity index (χ2n) is 6.21. The summed E-state index contributed by atoms with van der Waals surface area (Å²) in [7, 11) is 0. The first-order valence-electron chi connectivity index (χ1n) is 7.07. The molecule has 0 aliphatic heterocycles. The van der Waals surface area contributed by atoms with E-state index in [0.29, 0.717) is 6.42 Å². The van der Waals surface area contributed by atoms with Crippen molar-refractivity contribution in [3.8, 4) is 0 Å². The summed E-state index contributed by atoms with van der Waals surface area (Å²) in [6.07, 6.45) is -3.96. The molecule has 1 aliphatic rings. The summed E-state index contributed by atoms with van der Waals surface area (Å²) in [5.74, 6) is -3.12. The largest absolute Gasteiger partial charge is 0.416 e. The van der Waals surface area contributed by atoms with E-state index in [0.717, 1.165) is 24.3 Å². The Morgan fingerprint density at radius 2 is 1.74 bits per heavy atom. The van der Waals surface area contributed by atoms with Crippen LogP contribution in [0.2, 0.25) is 0 Å². The minimum Gasteiger partial charge on any atom is -0.325 e. The summed E-state index contributed by atoms with van der Waals surface area (Å²) >= 11 is 0. The molecule has 1 aromatic rings. The van der Waals surface area contributed by atoms with Gasteiger partial charge >= 0.3 is 6.18 Å². The maximum Gasteiger partial charge on any atom is 0.416 e. The number of rotatable bonds is 2. The van der Waals surface area contributed by atoms with Crippen LogP contribution in [0.5, 0.6) is 0 Å². The topological polar surface area (TPSA) is 63.2 Å². The van der Waals surface area contributed by atoms with Gasteiger partial charge in [0.2, 0.25) is 5.91 Å². The smallest absolute Gasteiger partial charge is 0.325 e. The third kappa shape index (κ3) is 3.60. The molecule has 1 amide bonds. The van der Waals surface area contributed by atoms with E-state index in [1.807, 2.05) is 0 Å². The van der Waals surface area contributed by atoms with E-state index in [-0.39, 0.29) is 12.1 Å². The van der Waals surface area contributed by atoms with Gasteiger partial charge in [-0.2, -0.15) is 13.2 Å². The third-order valence-corrected chi connectivity index (χ3v) is 3.99. The van der Waals surface area contributed by atoms with Crippen molar-refractivity contribution in [2.45, 2.75) is 32.9 Å². The molecule has 2 rings (SSSR count). The predicted octanol–water partition coefficient (Wildman–Crippen LogP) is 3.22. The van der Waals surface area contributed by atoms with Gasteiger partial charge in [0.1, 0.15) is 0 Å². The fourth-order valence-electron chi connectivity index (χ4n) is 2.46. The molecular weight excluding hydrogens is 311 g/mol. The van der Waals surface area contributed by atoms with Crippen molar-refractivity contribution in [2.75, 3.05) is 5.32 Å². The van der Waals surface area contributed by atoms with E-state index < -0.39 is 40.5 Å². The van der Waals surface area contributed by atoms with Crippen LogP contribution in [0.3, 0.4) is 0 Å². The van der Waals surface area contributed by atoms with E-state index in [2.05, 4.69) is 5.32 Å². The number of carbonyl (C=O) groups excluding carboxylic acids is 3.